The van der Waals surface area contributed by atoms with Crippen LogP contribution in [0.4, 0.5) is 5.69 Å². The SMILES string of the molecule is O=C(Nc1c(-c2ccc(O)c(O)c2)oc2ccccc2c1=O)c1ccccc1. The fourth-order valence-electron chi connectivity index (χ4n) is 2.90. The number of hydrogen-bond acceptors (Lipinski definition) is 5. The number of aromatic hydroxyl groups is 2. The number of hydrogen-bond donors (Lipinski definition) is 3. The minimum absolute atomic E-state index is 0.0438. The third kappa shape index (κ3) is 3.07. The van der Waals surface area contributed by atoms with E-state index in [2.05, 4.69) is 5.32 Å². The van der Waals surface area contributed by atoms with Gasteiger partial charge in [0.25, 0.3) is 5.91 Å². The molecule has 0 saturated heterocycles. The van der Waals surface area contributed by atoms with Crippen molar-refractivity contribution in [3.63, 3.8) is 0 Å². The Bertz CT molecular complexity index is 1240. The van der Waals surface area contributed by atoms with Crippen LogP contribution in [0, 0.1) is 0 Å². The molecule has 3 aromatic carbocycles. The Kier molecular flexibility index (Phi) is 4.29. The van der Waals surface area contributed by atoms with Crippen molar-refractivity contribution in [2.24, 2.45) is 0 Å². The van der Waals surface area contributed by atoms with E-state index < -0.39 is 11.3 Å². The number of phenolic OH excluding ortho intramolecular Hbond substituents is 2. The molecule has 6 heteroatoms. The minimum Gasteiger partial charge on any atom is -0.504 e. The van der Waals surface area contributed by atoms with Crippen LogP contribution in [0.25, 0.3) is 22.3 Å². The molecule has 0 spiro atoms. The van der Waals surface area contributed by atoms with E-state index >= 15 is 0 Å². The van der Waals surface area contributed by atoms with Gasteiger partial charge in [-0.15, -0.1) is 0 Å². The first-order chi connectivity index (χ1) is 13.5. The van der Waals surface area contributed by atoms with Crippen molar-refractivity contribution in [1.29, 1.82) is 0 Å². The molecule has 0 aliphatic rings. The summed E-state index contributed by atoms with van der Waals surface area (Å²) in [4.78, 5) is 25.7. The molecule has 4 aromatic rings. The highest BCUT2D eigenvalue weighted by atomic mass is 16.3. The monoisotopic (exact) mass is 373 g/mol. The van der Waals surface area contributed by atoms with Gasteiger partial charge in [0.1, 0.15) is 11.3 Å². The van der Waals surface area contributed by atoms with Gasteiger partial charge in [0.2, 0.25) is 5.43 Å². The first-order valence-corrected chi connectivity index (χ1v) is 8.49. The van der Waals surface area contributed by atoms with Crippen LogP contribution >= 0.6 is 0 Å². The van der Waals surface area contributed by atoms with Crippen LogP contribution in [0.3, 0.4) is 0 Å². The molecule has 4 rings (SSSR count). The lowest BCUT2D eigenvalue weighted by atomic mass is 10.1. The second-order valence-electron chi connectivity index (χ2n) is 6.16. The van der Waals surface area contributed by atoms with Gasteiger partial charge in [0.05, 0.1) is 5.39 Å². The summed E-state index contributed by atoms with van der Waals surface area (Å²) in [5.41, 5.74) is 0.607. The van der Waals surface area contributed by atoms with Crippen molar-refractivity contribution in [2.45, 2.75) is 0 Å². The average molecular weight is 373 g/mol. The Morgan fingerprint density at radius 3 is 2.32 bits per heavy atom. The molecule has 6 nitrogen and oxygen atoms in total. The number of fused-ring (bicyclic) bond motifs is 1. The van der Waals surface area contributed by atoms with E-state index in [-0.39, 0.29) is 22.9 Å². The van der Waals surface area contributed by atoms with Crippen molar-refractivity contribution in [1.82, 2.24) is 0 Å². The lowest BCUT2D eigenvalue weighted by Gasteiger charge is -2.12. The van der Waals surface area contributed by atoms with Gasteiger partial charge in [-0.25, -0.2) is 0 Å². The maximum atomic E-state index is 13.1. The van der Waals surface area contributed by atoms with Crippen LogP contribution in [-0.2, 0) is 0 Å². The average Bonchev–Trinajstić information content (AvgIpc) is 2.72. The van der Waals surface area contributed by atoms with E-state index in [1.165, 1.54) is 18.2 Å². The summed E-state index contributed by atoms with van der Waals surface area (Å²) in [7, 11) is 0. The van der Waals surface area contributed by atoms with Crippen LogP contribution in [-0.4, -0.2) is 16.1 Å². The Balaban J connectivity index is 1.92. The second-order valence-corrected chi connectivity index (χ2v) is 6.16. The molecule has 0 fully saturated rings. The second kappa shape index (κ2) is 6.92. The number of para-hydroxylation sites is 1. The summed E-state index contributed by atoms with van der Waals surface area (Å²) < 4.78 is 5.88. The van der Waals surface area contributed by atoms with Gasteiger partial charge in [-0.2, -0.15) is 0 Å². The molecule has 0 aliphatic heterocycles. The van der Waals surface area contributed by atoms with Crippen LogP contribution in [0.15, 0.2) is 82.0 Å². The Hall–Kier alpha value is -4.06. The molecule has 138 valence electrons. The van der Waals surface area contributed by atoms with Crippen molar-refractivity contribution in [2.75, 3.05) is 5.32 Å². The number of carbonyl (C=O) groups excluding carboxylic acids is 1. The Morgan fingerprint density at radius 2 is 1.57 bits per heavy atom. The van der Waals surface area contributed by atoms with E-state index in [0.717, 1.165) is 0 Å². The Morgan fingerprint density at radius 1 is 0.857 bits per heavy atom. The summed E-state index contributed by atoms with van der Waals surface area (Å²) in [5.74, 6) is -1.05. The molecule has 1 amide bonds. The zero-order valence-electron chi connectivity index (χ0n) is 14.5. The van der Waals surface area contributed by atoms with Gasteiger partial charge in [-0.3, -0.25) is 9.59 Å². The summed E-state index contributed by atoms with van der Waals surface area (Å²) >= 11 is 0. The standard InChI is InChI=1S/C22H15NO5/c24-16-11-10-14(12-17(16)25)21-19(23-22(27)13-6-2-1-3-7-13)20(26)15-8-4-5-9-18(15)28-21/h1-12,24-25H,(H,23,27). The summed E-state index contributed by atoms with van der Waals surface area (Å²) in [6.07, 6.45) is 0. The molecular formula is C22H15NO5. The Labute approximate surface area is 159 Å². The normalized spacial score (nSPS) is 10.7. The van der Waals surface area contributed by atoms with Crippen LogP contribution in [0.5, 0.6) is 11.5 Å². The quantitative estimate of drug-likeness (QED) is 0.469. The molecule has 0 aliphatic carbocycles. The lowest BCUT2D eigenvalue weighted by molar-refractivity contribution is 0.102. The summed E-state index contributed by atoms with van der Waals surface area (Å²) in [5, 5.41) is 22.4. The number of rotatable bonds is 3. The van der Waals surface area contributed by atoms with Crippen molar-refractivity contribution < 1.29 is 19.4 Å². The number of nitrogens with one attached hydrogen (secondary N) is 1. The van der Waals surface area contributed by atoms with E-state index in [0.29, 0.717) is 22.1 Å². The fraction of sp³-hybridized carbons (Fsp3) is 0. The number of phenols is 2. The molecule has 0 radical (unpaired) electrons. The molecule has 1 heterocycles. The van der Waals surface area contributed by atoms with E-state index in [1.807, 2.05) is 0 Å². The highest BCUT2D eigenvalue weighted by Crippen LogP contribution is 2.34. The molecule has 0 bridgehead atoms. The van der Waals surface area contributed by atoms with Crippen molar-refractivity contribution >= 4 is 22.6 Å². The number of carbonyl (C=O) groups is 1. The zero-order valence-corrected chi connectivity index (χ0v) is 14.5. The molecule has 1 aromatic heterocycles. The third-order valence-electron chi connectivity index (χ3n) is 4.31. The third-order valence-corrected chi connectivity index (χ3v) is 4.31. The van der Waals surface area contributed by atoms with Gasteiger partial charge in [-0.05, 0) is 42.5 Å². The van der Waals surface area contributed by atoms with Crippen molar-refractivity contribution in [3.8, 4) is 22.8 Å². The van der Waals surface area contributed by atoms with E-state index in [4.69, 9.17) is 4.42 Å². The van der Waals surface area contributed by atoms with Gasteiger partial charge < -0.3 is 19.9 Å². The molecule has 3 N–H and O–H groups in total. The fourth-order valence-corrected chi connectivity index (χ4v) is 2.90. The van der Waals surface area contributed by atoms with Crippen molar-refractivity contribution in [3.05, 3.63) is 88.6 Å². The number of benzene rings is 3. The predicted molar refractivity (Wildman–Crippen MR) is 106 cm³/mol. The molecular weight excluding hydrogens is 358 g/mol. The minimum atomic E-state index is -0.465. The first-order valence-electron chi connectivity index (χ1n) is 8.49. The molecule has 0 unspecified atom stereocenters. The highest BCUT2D eigenvalue weighted by Gasteiger charge is 2.19. The van der Waals surface area contributed by atoms with Crippen LogP contribution in [0.1, 0.15) is 10.4 Å². The van der Waals surface area contributed by atoms with E-state index in [1.54, 1.807) is 54.6 Å². The number of amides is 1. The van der Waals surface area contributed by atoms with E-state index in [9.17, 15) is 19.8 Å². The predicted octanol–water partition coefficient (Wildman–Crippen LogP) is 4.12. The maximum absolute atomic E-state index is 13.1. The highest BCUT2D eigenvalue weighted by molar-refractivity contribution is 6.06. The van der Waals surface area contributed by atoms with Gasteiger partial charge in [0.15, 0.2) is 17.3 Å². The summed E-state index contributed by atoms with van der Waals surface area (Å²) in [6, 6.07) is 19.2. The smallest absolute Gasteiger partial charge is 0.255 e. The van der Waals surface area contributed by atoms with Gasteiger partial charge in [-0.1, -0.05) is 30.3 Å². The lowest BCUT2D eigenvalue weighted by Crippen LogP contribution is -2.19. The number of anilines is 1. The van der Waals surface area contributed by atoms with Crippen LogP contribution in [0.2, 0.25) is 0 Å². The topological polar surface area (TPSA) is 99.8 Å². The maximum Gasteiger partial charge on any atom is 0.255 e. The van der Waals surface area contributed by atoms with Gasteiger partial charge >= 0.3 is 0 Å². The largest absolute Gasteiger partial charge is 0.504 e. The molecule has 28 heavy (non-hydrogen) atoms. The zero-order chi connectivity index (χ0) is 19.7. The first kappa shape index (κ1) is 17.4. The summed E-state index contributed by atoms with van der Waals surface area (Å²) in [6.45, 7) is 0. The molecule has 0 saturated carbocycles. The van der Waals surface area contributed by atoms with Gasteiger partial charge in [0, 0.05) is 11.1 Å². The molecule has 0 atom stereocenters. The van der Waals surface area contributed by atoms with Crippen LogP contribution < -0.4 is 10.7 Å².